The van der Waals surface area contributed by atoms with Gasteiger partial charge in [-0.2, -0.15) is 0 Å². The first-order valence-electron chi connectivity index (χ1n) is 8.23. The molecule has 0 atom stereocenters. The lowest BCUT2D eigenvalue weighted by atomic mass is 10.1. The van der Waals surface area contributed by atoms with E-state index >= 15 is 0 Å². The summed E-state index contributed by atoms with van der Waals surface area (Å²) in [5.74, 6) is 1.10. The van der Waals surface area contributed by atoms with Gasteiger partial charge in [0.1, 0.15) is 11.5 Å². The van der Waals surface area contributed by atoms with Crippen LogP contribution >= 0.6 is 11.3 Å². The number of rotatable bonds is 6. The molecule has 0 fully saturated rings. The Kier molecular flexibility index (Phi) is 5.53. The first-order chi connectivity index (χ1) is 12.6. The van der Waals surface area contributed by atoms with Crippen molar-refractivity contribution in [2.45, 2.75) is 13.3 Å². The molecule has 6 heteroatoms. The van der Waals surface area contributed by atoms with Crippen LogP contribution in [0.1, 0.15) is 18.1 Å². The molecule has 0 aliphatic heterocycles. The van der Waals surface area contributed by atoms with Crippen molar-refractivity contribution in [2.24, 2.45) is 0 Å². The van der Waals surface area contributed by atoms with Crippen molar-refractivity contribution < 1.29 is 14.3 Å². The van der Waals surface area contributed by atoms with Crippen LogP contribution in [0.3, 0.4) is 0 Å². The van der Waals surface area contributed by atoms with E-state index in [0.717, 1.165) is 22.2 Å². The SMILES string of the molecule is CCc1ccc2nc(NC(=O)/C=C/c3ccc(OC)cc3OC)sc2c1. The maximum atomic E-state index is 12.2. The number of aromatic nitrogens is 1. The van der Waals surface area contributed by atoms with Gasteiger partial charge in [0, 0.05) is 17.7 Å². The van der Waals surface area contributed by atoms with Crippen LogP contribution in [-0.2, 0) is 11.2 Å². The minimum Gasteiger partial charge on any atom is -0.497 e. The van der Waals surface area contributed by atoms with Gasteiger partial charge in [0.25, 0.3) is 0 Å². The van der Waals surface area contributed by atoms with Gasteiger partial charge in [0.15, 0.2) is 5.13 Å². The van der Waals surface area contributed by atoms with Crippen LogP contribution in [0.15, 0.2) is 42.5 Å². The highest BCUT2D eigenvalue weighted by Gasteiger charge is 2.07. The van der Waals surface area contributed by atoms with Crippen molar-refractivity contribution in [3.8, 4) is 11.5 Å². The minimum absolute atomic E-state index is 0.238. The predicted octanol–water partition coefficient (Wildman–Crippen LogP) is 4.53. The van der Waals surface area contributed by atoms with E-state index in [9.17, 15) is 4.79 Å². The highest BCUT2D eigenvalue weighted by atomic mass is 32.1. The number of methoxy groups -OCH3 is 2. The quantitative estimate of drug-likeness (QED) is 0.650. The lowest BCUT2D eigenvalue weighted by Crippen LogP contribution is -2.07. The molecule has 0 unspecified atom stereocenters. The number of carbonyl (C=O) groups excluding carboxylic acids is 1. The fraction of sp³-hybridized carbons (Fsp3) is 0.200. The van der Waals surface area contributed by atoms with E-state index in [1.807, 2.05) is 18.2 Å². The van der Waals surface area contributed by atoms with Gasteiger partial charge in [-0.25, -0.2) is 4.98 Å². The molecule has 0 spiro atoms. The van der Waals surface area contributed by atoms with Crippen LogP contribution in [-0.4, -0.2) is 25.1 Å². The molecule has 3 rings (SSSR count). The van der Waals surface area contributed by atoms with Crippen LogP contribution in [0.25, 0.3) is 16.3 Å². The number of aryl methyl sites for hydroxylation is 1. The molecule has 134 valence electrons. The van der Waals surface area contributed by atoms with E-state index in [0.29, 0.717) is 16.6 Å². The topological polar surface area (TPSA) is 60.5 Å². The smallest absolute Gasteiger partial charge is 0.250 e. The van der Waals surface area contributed by atoms with Crippen molar-refractivity contribution in [1.29, 1.82) is 0 Å². The molecule has 0 aliphatic rings. The van der Waals surface area contributed by atoms with Crippen LogP contribution in [0.2, 0.25) is 0 Å². The Hall–Kier alpha value is -2.86. The van der Waals surface area contributed by atoms with Gasteiger partial charge in [-0.15, -0.1) is 0 Å². The van der Waals surface area contributed by atoms with Gasteiger partial charge in [-0.1, -0.05) is 24.3 Å². The summed E-state index contributed by atoms with van der Waals surface area (Å²) in [5.41, 5.74) is 2.94. The predicted molar refractivity (Wildman–Crippen MR) is 106 cm³/mol. The van der Waals surface area contributed by atoms with Gasteiger partial charge in [-0.05, 0) is 42.3 Å². The van der Waals surface area contributed by atoms with Crippen molar-refractivity contribution in [2.75, 3.05) is 19.5 Å². The van der Waals surface area contributed by atoms with E-state index in [2.05, 4.69) is 29.4 Å². The summed E-state index contributed by atoms with van der Waals surface area (Å²) in [4.78, 5) is 16.7. The Morgan fingerprint density at radius 2 is 2.04 bits per heavy atom. The molecule has 1 N–H and O–H groups in total. The third-order valence-corrected chi connectivity index (χ3v) is 4.88. The second kappa shape index (κ2) is 8.01. The van der Waals surface area contributed by atoms with Crippen LogP contribution in [0.5, 0.6) is 11.5 Å². The monoisotopic (exact) mass is 368 g/mol. The fourth-order valence-electron chi connectivity index (χ4n) is 2.51. The summed E-state index contributed by atoms with van der Waals surface area (Å²) in [6.45, 7) is 2.11. The Morgan fingerprint density at radius 1 is 1.19 bits per heavy atom. The summed E-state index contributed by atoms with van der Waals surface area (Å²) in [5, 5.41) is 3.40. The summed E-state index contributed by atoms with van der Waals surface area (Å²) in [6.07, 6.45) is 4.14. The zero-order valence-electron chi connectivity index (χ0n) is 14.9. The van der Waals surface area contributed by atoms with Gasteiger partial charge in [0.05, 0.1) is 24.4 Å². The molecule has 0 saturated heterocycles. The molecule has 0 bridgehead atoms. The molecular formula is C20H20N2O3S. The van der Waals surface area contributed by atoms with Gasteiger partial charge in [-0.3, -0.25) is 10.1 Å². The number of carbonyl (C=O) groups is 1. The lowest BCUT2D eigenvalue weighted by Gasteiger charge is -2.07. The van der Waals surface area contributed by atoms with Gasteiger partial charge in [0.2, 0.25) is 5.91 Å². The van der Waals surface area contributed by atoms with Gasteiger partial charge >= 0.3 is 0 Å². The van der Waals surface area contributed by atoms with Crippen molar-refractivity contribution in [3.63, 3.8) is 0 Å². The lowest BCUT2D eigenvalue weighted by molar-refractivity contribution is -0.111. The largest absolute Gasteiger partial charge is 0.497 e. The van der Waals surface area contributed by atoms with Crippen LogP contribution in [0, 0.1) is 0 Å². The Morgan fingerprint density at radius 3 is 2.77 bits per heavy atom. The third kappa shape index (κ3) is 4.03. The Bertz CT molecular complexity index is 963. The molecule has 3 aromatic rings. The normalized spacial score (nSPS) is 11.0. The molecule has 0 radical (unpaired) electrons. The van der Waals surface area contributed by atoms with E-state index in [-0.39, 0.29) is 5.91 Å². The van der Waals surface area contributed by atoms with E-state index in [1.54, 1.807) is 26.4 Å². The molecule has 0 saturated carbocycles. The molecule has 1 amide bonds. The average molecular weight is 368 g/mol. The van der Waals surface area contributed by atoms with Crippen LogP contribution < -0.4 is 14.8 Å². The molecule has 2 aromatic carbocycles. The van der Waals surface area contributed by atoms with Crippen molar-refractivity contribution in [1.82, 2.24) is 4.98 Å². The van der Waals surface area contributed by atoms with E-state index in [1.165, 1.54) is 23.0 Å². The Balaban J connectivity index is 1.73. The van der Waals surface area contributed by atoms with Crippen molar-refractivity contribution >= 4 is 38.7 Å². The first-order valence-corrected chi connectivity index (χ1v) is 9.05. The number of benzene rings is 2. The summed E-state index contributed by atoms with van der Waals surface area (Å²) >= 11 is 1.47. The van der Waals surface area contributed by atoms with Gasteiger partial charge < -0.3 is 9.47 Å². The zero-order valence-corrected chi connectivity index (χ0v) is 15.7. The summed E-state index contributed by atoms with van der Waals surface area (Å²) in [7, 11) is 3.18. The summed E-state index contributed by atoms with van der Waals surface area (Å²) in [6, 6.07) is 11.6. The number of nitrogens with one attached hydrogen (secondary N) is 1. The molecule has 1 heterocycles. The zero-order chi connectivity index (χ0) is 18.5. The maximum absolute atomic E-state index is 12.2. The fourth-order valence-corrected chi connectivity index (χ4v) is 3.44. The minimum atomic E-state index is -0.238. The first kappa shape index (κ1) is 17.9. The van der Waals surface area contributed by atoms with Crippen LogP contribution in [0.4, 0.5) is 5.13 Å². The number of hydrogen-bond acceptors (Lipinski definition) is 5. The summed E-state index contributed by atoms with van der Waals surface area (Å²) < 4.78 is 11.6. The van der Waals surface area contributed by atoms with E-state index < -0.39 is 0 Å². The number of amides is 1. The second-order valence-electron chi connectivity index (χ2n) is 5.61. The number of anilines is 1. The molecule has 1 aromatic heterocycles. The average Bonchev–Trinajstić information content (AvgIpc) is 3.07. The highest BCUT2D eigenvalue weighted by Crippen LogP contribution is 2.28. The number of ether oxygens (including phenoxy) is 2. The Labute approximate surface area is 156 Å². The van der Waals surface area contributed by atoms with Crippen molar-refractivity contribution in [3.05, 3.63) is 53.6 Å². The molecular weight excluding hydrogens is 348 g/mol. The number of thiazole rings is 1. The third-order valence-electron chi connectivity index (χ3n) is 3.95. The second-order valence-corrected chi connectivity index (χ2v) is 6.64. The molecule has 26 heavy (non-hydrogen) atoms. The number of nitrogens with zero attached hydrogens (tertiary/aromatic N) is 1. The standard InChI is InChI=1S/C20H20N2O3S/c1-4-13-5-9-16-18(11-13)26-20(21-16)22-19(23)10-7-14-6-8-15(24-2)12-17(14)25-3/h5-12H,4H2,1-3H3,(H,21,22,23)/b10-7+. The highest BCUT2D eigenvalue weighted by molar-refractivity contribution is 7.22. The number of fused-ring (bicyclic) bond motifs is 1. The number of hydrogen-bond donors (Lipinski definition) is 1. The maximum Gasteiger partial charge on any atom is 0.250 e. The molecule has 0 aliphatic carbocycles. The van der Waals surface area contributed by atoms with E-state index in [4.69, 9.17) is 9.47 Å². The molecule has 5 nitrogen and oxygen atoms in total.